The zero-order valence-corrected chi connectivity index (χ0v) is 16.1. The minimum Gasteiger partial charge on any atom is 0 e. The molecule has 0 aliphatic heterocycles. The van der Waals surface area contributed by atoms with Crippen LogP contribution in [0.25, 0.3) is 0 Å². The number of ether oxygens (including phenoxy) is 1. The van der Waals surface area contributed by atoms with Crippen molar-refractivity contribution < 1.29 is 40.6 Å². The first-order valence-corrected chi connectivity index (χ1v) is 7.25. The smallest absolute Gasteiger partial charge is 0 e. The molecule has 0 fully saturated rings. The molecule has 0 atom stereocenters. The van der Waals surface area contributed by atoms with E-state index in [1.165, 1.54) is 32.4 Å². The van der Waals surface area contributed by atoms with E-state index in [4.69, 9.17) is 14.0 Å². The second kappa shape index (κ2) is 43.4. The average molecular weight is 398 g/mol. The molecule has 6 heteroatoms. The van der Waals surface area contributed by atoms with Gasteiger partial charge < -0.3 is 4.74 Å². The molecule has 0 heterocycles. The van der Waals surface area contributed by atoms with Crippen LogP contribution >= 0.6 is 0 Å². The van der Waals surface area contributed by atoms with Crippen LogP contribution in [0.1, 0.15) is 45.4 Å². The summed E-state index contributed by atoms with van der Waals surface area (Å²) >= 11 is 0. The van der Waals surface area contributed by atoms with Crippen molar-refractivity contribution in [3.05, 3.63) is 44.3 Å². The zero-order chi connectivity index (χ0) is 20.2. The van der Waals surface area contributed by atoms with E-state index in [0.29, 0.717) is 12.8 Å². The molecule has 0 rings (SSSR count). The first-order chi connectivity index (χ1) is 12.3. The minimum absolute atomic E-state index is 0. The molecular weight excluding hydrogens is 376 g/mol. The van der Waals surface area contributed by atoms with Gasteiger partial charge in [-0.15, -0.1) is 5.92 Å². The van der Waals surface area contributed by atoms with Gasteiger partial charge in [-0.2, -0.15) is 0 Å². The molecule has 0 unspecified atom stereocenters. The van der Waals surface area contributed by atoms with Gasteiger partial charge in [0, 0.05) is 36.0 Å². The fourth-order valence-corrected chi connectivity index (χ4v) is 1.20. The molecule has 0 aromatic carbocycles. The van der Waals surface area contributed by atoms with Crippen LogP contribution in [-0.4, -0.2) is 13.1 Å². The molecule has 0 aliphatic carbocycles. The Labute approximate surface area is 167 Å². The maximum Gasteiger partial charge on any atom is 0 e. The third-order valence-corrected chi connectivity index (χ3v) is 2.23. The monoisotopic (exact) mass is 398 g/mol. The van der Waals surface area contributed by atoms with E-state index in [1.54, 1.807) is 12.2 Å². The maximum atomic E-state index is 10.7. The average Bonchev–Trinajstić information content (AvgIpc) is 2.70. The van der Waals surface area contributed by atoms with Crippen molar-refractivity contribution in [2.45, 2.75) is 45.4 Å². The molecule has 26 heavy (non-hydrogen) atoms. The summed E-state index contributed by atoms with van der Waals surface area (Å²) in [6.45, 7) is 15.7. The molecule has 5 nitrogen and oxygen atoms in total. The van der Waals surface area contributed by atoms with Crippen LogP contribution in [0.2, 0.25) is 0 Å². The van der Waals surface area contributed by atoms with Crippen LogP contribution in [-0.2, 0) is 40.6 Å². The topological polar surface area (TPSA) is 86.0 Å². The van der Waals surface area contributed by atoms with Crippen LogP contribution < -0.4 is 0 Å². The van der Waals surface area contributed by atoms with Crippen molar-refractivity contribution in [1.29, 1.82) is 0 Å². The molecule has 0 aromatic rings. The van der Waals surface area contributed by atoms with E-state index in [2.05, 4.69) is 55.3 Å². The van der Waals surface area contributed by atoms with Gasteiger partial charge in [-0.25, -0.2) is 4.79 Å². The Balaban J connectivity index is -0.000000189. The fraction of sp³-hybridized carbons (Fsp3) is 0.400. The summed E-state index contributed by atoms with van der Waals surface area (Å²) in [5, 5.41) is 0. The zero-order valence-electron chi connectivity index (χ0n) is 14.9. The summed E-state index contributed by atoms with van der Waals surface area (Å²) < 4.78 is 27.0. The molecule has 0 bridgehead atoms. The number of hydrogen-bond acceptors (Lipinski definition) is 2. The van der Waals surface area contributed by atoms with Crippen LogP contribution in [0, 0.1) is 43.6 Å². The standard InChI is InChI=1S/C17H22O2.3CO.Fe/c1-3-4-5-6-7-8-9-10-11-12-13-14-15-16-17(18)19-2;3*1-2;/h13-16H,3-6,9,12H2,1-2H3;;;;/b14-13-,16-15+;;;;. The molecule has 0 saturated carbocycles. The SMILES string of the molecule is CCCCCC#CCC#CC/C=C\C=C\C(=O)OC.[C-]#[O+].[C-]#[O+].[C-]#[O+].[Fe]. The van der Waals surface area contributed by atoms with Crippen molar-refractivity contribution in [3.63, 3.8) is 0 Å². The molecular formula is C20H22FeO5. The number of hydrogen-bond donors (Lipinski definition) is 0. The van der Waals surface area contributed by atoms with E-state index >= 15 is 0 Å². The summed E-state index contributed by atoms with van der Waals surface area (Å²) in [5.41, 5.74) is 0. The summed E-state index contributed by atoms with van der Waals surface area (Å²) in [5.74, 6) is 11.8. The second-order valence-electron chi connectivity index (χ2n) is 3.86. The Bertz CT molecular complexity index is 519. The van der Waals surface area contributed by atoms with Gasteiger partial charge >= 0.3 is 39.9 Å². The molecule has 0 aromatic heterocycles. The van der Waals surface area contributed by atoms with Gasteiger partial charge in [0.2, 0.25) is 0 Å². The first-order valence-electron chi connectivity index (χ1n) is 7.25. The van der Waals surface area contributed by atoms with Crippen molar-refractivity contribution >= 4 is 5.97 Å². The molecule has 0 saturated heterocycles. The number of esters is 1. The molecule has 0 aliphatic rings. The number of allylic oxidation sites excluding steroid dienone is 3. The van der Waals surface area contributed by atoms with E-state index in [1.807, 2.05) is 6.08 Å². The summed E-state index contributed by atoms with van der Waals surface area (Å²) in [4.78, 5) is 10.7. The number of rotatable bonds is 6. The molecule has 0 amide bonds. The van der Waals surface area contributed by atoms with Crippen LogP contribution in [0.15, 0.2) is 24.3 Å². The second-order valence-corrected chi connectivity index (χ2v) is 3.86. The summed E-state index contributed by atoms with van der Waals surface area (Å²) in [6, 6.07) is 0. The van der Waals surface area contributed by atoms with Gasteiger partial charge in [0.05, 0.1) is 13.5 Å². The van der Waals surface area contributed by atoms with Crippen molar-refractivity contribution in [3.8, 4) is 23.7 Å². The Morgan fingerprint density at radius 1 is 0.962 bits per heavy atom. The summed E-state index contributed by atoms with van der Waals surface area (Å²) in [7, 11) is 1.35. The van der Waals surface area contributed by atoms with Gasteiger partial charge in [0.25, 0.3) is 0 Å². The molecule has 140 valence electrons. The number of methoxy groups -OCH3 is 1. The minimum atomic E-state index is -0.353. The largest absolute Gasteiger partial charge is 0 e. The van der Waals surface area contributed by atoms with E-state index in [9.17, 15) is 4.79 Å². The Morgan fingerprint density at radius 2 is 1.54 bits per heavy atom. The van der Waals surface area contributed by atoms with E-state index in [-0.39, 0.29) is 23.0 Å². The van der Waals surface area contributed by atoms with Gasteiger partial charge in [-0.3, -0.25) is 0 Å². The number of carbonyl (C=O) groups excluding carboxylic acids is 1. The fourth-order valence-electron chi connectivity index (χ4n) is 1.20. The predicted molar refractivity (Wildman–Crippen MR) is 91.0 cm³/mol. The Morgan fingerprint density at radius 3 is 2.08 bits per heavy atom. The van der Waals surface area contributed by atoms with E-state index < -0.39 is 0 Å². The Hall–Kier alpha value is -2.19. The van der Waals surface area contributed by atoms with Crippen LogP contribution in [0.3, 0.4) is 0 Å². The Kier molecular flexibility index (Phi) is 58.5. The third kappa shape index (κ3) is 43.1. The predicted octanol–water partition coefficient (Wildman–Crippen LogP) is 3.52. The number of unbranched alkanes of at least 4 members (excludes halogenated alkanes) is 3. The van der Waals surface area contributed by atoms with Gasteiger partial charge in [0.15, 0.2) is 0 Å². The van der Waals surface area contributed by atoms with E-state index in [0.717, 1.165) is 6.42 Å². The van der Waals surface area contributed by atoms with Gasteiger partial charge in [-0.1, -0.05) is 55.8 Å². The maximum absolute atomic E-state index is 10.7. The van der Waals surface area contributed by atoms with Crippen molar-refractivity contribution in [2.75, 3.05) is 7.11 Å². The third-order valence-electron chi connectivity index (χ3n) is 2.23. The normalized spacial score (nSPS) is 7.38. The van der Waals surface area contributed by atoms with Gasteiger partial charge in [-0.05, 0) is 6.42 Å². The van der Waals surface area contributed by atoms with Crippen molar-refractivity contribution in [2.24, 2.45) is 0 Å². The molecule has 0 spiro atoms. The summed E-state index contributed by atoms with van der Waals surface area (Å²) in [6.07, 6.45) is 12.6. The van der Waals surface area contributed by atoms with Gasteiger partial charge in [0.1, 0.15) is 0 Å². The van der Waals surface area contributed by atoms with Crippen LogP contribution in [0.4, 0.5) is 0 Å². The molecule has 0 radical (unpaired) electrons. The number of carbonyl (C=O) groups is 1. The molecule has 0 N–H and O–H groups in total. The van der Waals surface area contributed by atoms with Crippen LogP contribution in [0.5, 0.6) is 0 Å². The van der Waals surface area contributed by atoms with Crippen molar-refractivity contribution in [1.82, 2.24) is 0 Å². The first kappa shape index (κ1) is 35.0. The quantitative estimate of drug-likeness (QED) is 0.100.